The second-order valence-corrected chi connectivity index (χ2v) is 8.18. The molecule has 6 heteroatoms. The van der Waals surface area contributed by atoms with Crippen molar-refractivity contribution in [2.75, 3.05) is 11.6 Å². The maximum Gasteiger partial charge on any atom is 0.228 e. The van der Waals surface area contributed by atoms with Gasteiger partial charge in [0.05, 0.1) is 4.90 Å². The van der Waals surface area contributed by atoms with Gasteiger partial charge in [-0.1, -0.05) is 29.8 Å². The molecule has 2 atom stereocenters. The Hall–Kier alpha value is -1.85. The predicted octanol–water partition coefficient (Wildman–Crippen LogP) is 3.49. The highest BCUT2D eigenvalue weighted by molar-refractivity contribution is 7.90. The van der Waals surface area contributed by atoms with E-state index in [1.165, 1.54) is 12.1 Å². The Morgan fingerprint density at radius 3 is 2.39 bits per heavy atom. The topological polar surface area (TPSA) is 63.2 Å². The number of nitrogens with one attached hydrogen (secondary N) is 1. The van der Waals surface area contributed by atoms with Crippen LogP contribution in [0.2, 0.25) is 5.02 Å². The van der Waals surface area contributed by atoms with E-state index in [0.717, 1.165) is 18.2 Å². The molecule has 0 radical (unpaired) electrons. The molecule has 4 nitrogen and oxygen atoms in total. The van der Waals surface area contributed by atoms with Crippen LogP contribution in [0.4, 0.5) is 5.69 Å². The van der Waals surface area contributed by atoms with Crippen molar-refractivity contribution >= 4 is 33.0 Å². The molecule has 2 aromatic carbocycles. The van der Waals surface area contributed by atoms with Gasteiger partial charge in [0.1, 0.15) is 0 Å². The first kappa shape index (κ1) is 16.0. The van der Waals surface area contributed by atoms with E-state index in [9.17, 15) is 13.2 Å². The van der Waals surface area contributed by atoms with Gasteiger partial charge in [-0.2, -0.15) is 0 Å². The van der Waals surface area contributed by atoms with Crippen LogP contribution in [0, 0.1) is 5.92 Å². The second kappa shape index (κ2) is 5.98. The first-order chi connectivity index (χ1) is 10.9. The average Bonchev–Trinajstić information content (AvgIpc) is 3.28. The normalized spacial score (nSPS) is 20.1. The molecular weight excluding hydrogens is 334 g/mol. The fourth-order valence-corrected chi connectivity index (χ4v) is 3.53. The summed E-state index contributed by atoms with van der Waals surface area (Å²) in [7, 11) is -3.23. The summed E-state index contributed by atoms with van der Waals surface area (Å²) in [4.78, 5) is 12.5. The van der Waals surface area contributed by atoms with E-state index in [1.807, 2.05) is 24.3 Å². The summed E-state index contributed by atoms with van der Waals surface area (Å²) < 4.78 is 22.8. The molecule has 0 spiro atoms. The Kier molecular flexibility index (Phi) is 4.17. The molecule has 1 fully saturated rings. The van der Waals surface area contributed by atoms with Crippen LogP contribution in [0.5, 0.6) is 0 Å². The molecule has 23 heavy (non-hydrogen) atoms. The van der Waals surface area contributed by atoms with Gasteiger partial charge in [0.15, 0.2) is 9.84 Å². The maximum atomic E-state index is 12.3. The van der Waals surface area contributed by atoms with Gasteiger partial charge >= 0.3 is 0 Å². The van der Waals surface area contributed by atoms with Gasteiger partial charge in [-0.3, -0.25) is 4.79 Å². The molecule has 0 unspecified atom stereocenters. The van der Waals surface area contributed by atoms with E-state index in [1.54, 1.807) is 12.1 Å². The zero-order valence-electron chi connectivity index (χ0n) is 12.5. The highest BCUT2D eigenvalue weighted by atomic mass is 35.5. The number of hydrogen-bond acceptors (Lipinski definition) is 3. The largest absolute Gasteiger partial charge is 0.326 e. The van der Waals surface area contributed by atoms with Crippen molar-refractivity contribution in [3.05, 3.63) is 59.1 Å². The monoisotopic (exact) mass is 349 g/mol. The van der Waals surface area contributed by atoms with E-state index in [4.69, 9.17) is 11.6 Å². The first-order valence-corrected chi connectivity index (χ1v) is 9.48. The zero-order valence-corrected chi connectivity index (χ0v) is 14.1. The van der Waals surface area contributed by atoms with Crippen LogP contribution < -0.4 is 5.32 Å². The van der Waals surface area contributed by atoms with Gasteiger partial charge in [-0.05, 0) is 48.2 Å². The molecule has 2 aromatic rings. The van der Waals surface area contributed by atoms with Gasteiger partial charge in [0, 0.05) is 22.9 Å². The molecule has 1 aliphatic rings. The minimum atomic E-state index is -3.23. The highest BCUT2D eigenvalue weighted by Gasteiger charge is 2.44. The second-order valence-electron chi connectivity index (χ2n) is 5.76. The van der Waals surface area contributed by atoms with Crippen LogP contribution in [-0.2, 0) is 14.6 Å². The average molecular weight is 350 g/mol. The van der Waals surface area contributed by atoms with Crippen LogP contribution in [0.3, 0.4) is 0 Å². The lowest BCUT2D eigenvalue weighted by Crippen LogP contribution is -2.14. The summed E-state index contributed by atoms with van der Waals surface area (Å²) in [5.74, 6) is -0.00879. The summed E-state index contributed by atoms with van der Waals surface area (Å²) in [6, 6.07) is 13.7. The van der Waals surface area contributed by atoms with Gasteiger partial charge in [-0.15, -0.1) is 0 Å². The van der Waals surface area contributed by atoms with Gasteiger partial charge < -0.3 is 5.32 Å². The maximum absolute atomic E-state index is 12.3. The third kappa shape index (κ3) is 3.57. The van der Waals surface area contributed by atoms with Crippen molar-refractivity contribution in [3.8, 4) is 0 Å². The summed E-state index contributed by atoms with van der Waals surface area (Å²) in [5.41, 5.74) is 1.59. The summed E-state index contributed by atoms with van der Waals surface area (Å²) >= 11 is 6.16. The minimum Gasteiger partial charge on any atom is -0.326 e. The molecule has 1 N–H and O–H groups in total. The molecule has 1 aliphatic carbocycles. The van der Waals surface area contributed by atoms with Crippen LogP contribution in [0.25, 0.3) is 0 Å². The fraction of sp³-hybridized carbons (Fsp3) is 0.235. The number of sulfone groups is 1. The molecule has 0 saturated heterocycles. The van der Waals surface area contributed by atoms with Crippen LogP contribution in [-0.4, -0.2) is 20.6 Å². The number of carbonyl (C=O) groups is 1. The lowest BCUT2D eigenvalue weighted by atomic mass is 10.1. The Balaban J connectivity index is 1.66. The number of carbonyl (C=O) groups excluding carboxylic acids is 1. The molecule has 120 valence electrons. The Bertz CT molecular complexity index is 846. The lowest BCUT2D eigenvalue weighted by Gasteiger charge is -2.07. The third-order valence-corrected chi connectivity index (χ3v) is 5.45. The van der Waals surface area contributed by atoms with Crippen molar-refractivity contribution in [2.24, 2.45) is 5.92 Å². The number of hydrogen-bond donors (Lipinski definition) is 1. The van der Waals surface area contributed by atoms with Crippen LogP contribution in [0.15, 0.2) is 53.4 Å². The fourth-order valence-electron chi connectivity index (χ4n) is 2.62. The van der Waals surface area contributed by atoms with Crippen LogP contribution in [0.1, 0.15) is 17.9 Å². The summed E-state index contributed by atoms with van der Waals surface area (Å²) in [6.45, 7) is 0. The third-order valence-electron chi connectivity index (χ3n) is 3.98. The summed E-state index contributed by atoms with van der Waals surface area (Å²) in [5, 5.41) is 3.51. The molecule has 1 amide bonds. The minimum absolute atomic E-state index is 0.0676. The smallest absolute Gasteiger partial charge is 0.228 e. The molecule has 1 saturated carbocycles. The number of benzene rings is 2. The van der Waals surface area contributed by atoms with E-state index >= 15 is 0 Å². The van der Waals surface area contributed by atoms with Gasteiger partial charge in [-0.25, -0.2) is 8.42 Å². The van der Waals surface area contributed by atoms with Gasteiger partial charge in [0.25, 0.3) is 0 Å². The first-order valence-electron chi connectivity index (χ1n) is 7.21. The standard InChI is InChI=1S/C17H16ClNO3S/c1-23(21,22)12-8-6-11(7-9-12)19-17(20)15-10-14(15)13-4-2-3-5-16(13)18/h2-9,14-15H,10H2,1H3,(H,19,20)/t14-,15+/m0/s1. The quantitative estimate of drug-likeness (QED) is 0.919. The molecule has 0 aliphatic heterocycles. The Morgan fingerprint density at radius 2 is 1.78 bits per heavy atom. The van der Waals surface area contributed by atoms with Crippen molar-refractivity contribution in [1.29, 1.82) is 0 Å². The van der Waals surface area contributed by atoms with Gasteiger partial charge in [0.2, 0.25) is 5.91 Å². The van der Waals surface area contributed by atoms with E-state index in [-0.39, 0.29) is 22.6 Å². The van der Waals surface area contributed by atoms with E-state index in [2.05, 4.69) is 5.32 Å². The number of anilines is 1. The van der Waals surface area contributed by atoms with Crippen molar-refractivity contribution < 1.29 is 13.2 Å². The van der Waals surface area contributed by atoms with Crippen molar-refractivity contribution in [2.45, 2.75) is 17.2 Å². The number of halogens is 1. The lowest BCUT2D eigenvalue weighted by molar-refractivity contribution is -0.117. The Morgan fingerprint density at radius 1 is 1.13 bits per heavy atom. The SMILES string of the molecule is CS(=O)(=O)c1ccc(NC(=O)[C@@H]2C[C@H]2c2ccccc2Cl)cc1. The molecule has 0 heterocycles. The molecule has 3 rings (SSSR count). The molecule has 0 bridgehead atoms. The van der Waals surface area contributed by atoms with E-state index < -0.39 is 9.84 Å². The van der Waals surface area contributed by atoms with E-state index in [0.29, 0.717) is 10.7 Å². The Labute approximate surface area is 140 Å². The van der Waals surface area contributed by atoms with Crippen molar-refractivity contribution in [3.63, 3.8) is 0 Å². The molecule has 0 aromatic heterocycles. The zero-order chi connectivity index (χ0) is 16.6. The highest BCUT2D eigenvalue weighted by Crippen LogP contribution is 2.49. The van der Waals surface area contributed by atoms with Crippen LogP contribution >= 0.6 is 11.6 Å². The summed E-state index contributed by atoms with van der Waals surface area (Å²) in [6.07, 6.45) is 1.93. The number of rotatable bonds is 4. The van der Waals surface area contributed by atoms with Crippen molar-refractivity contribution in [1.82, 2.24) is 0 Å². The predicted molar refractivity (Wildman–Crippen MR) is 90.5 cm³/mol. The number of amides is 1. The molecular formula is C17H16ClNO3S.